The smallest absolute Gasteiger partial charge is 0.279 e. The molecule has 4 heterocycles. The maximum atomic E-state index is 12.9. The molecule has 0 unspecified atom stereocenters. The summed E-state index contributed by atoms with van der Waals surface area (Å²) in [5.41, 5.74) is 3.50. The van der Waals surface area contributed by atoms with Gasteiger partial charge in [-0.3, -0.25) is 4.79 Å². The lowest BCUT2D eigenvalue weighted by Gasteiger charge is -2.35. The van der Waals surface area contributed by atoms with Gasteiger partial charge in [-0.1, -0.05) is 12.0 Å². The summed E-state index contributed by atoms with van der Waals surface area (Å²) >= 11 is 0. The minimum Gasteiger partial charge on any atom is -0.369 e. The molecule has 0 amide bonds. The summed E-state index contributed by atoms with van der Waals surface area (Å²) in [5, 5.41) is 3.66. The predicted molar refractivity (Wildman–Crippen MR) is 134 cm³/mol. The van der Waals surface area contributed by atoms with E-state index in [0.717, 1.165) is 31.9 Å². The number of fused-ring (bicyclic) bond motifs is 1. The molecule has 172 valence electrons. The van der Waals surface area contributed by atoms with E-state index in [4.69, 9.17) is 6.42 Å². The highest BCUT2D eigenvalue weighted by Crippen LogP contribution is 2.26. The number of likely N-dealkylation sites (N-methyl/N-ethyl adjacent to an activating group) is 1. The number of hydrogen-bond acceptors (Lipinski definition) is 7. The Labute approximate surface area is 197 Å². The predicted octanol–water partition coefficient (Wildman–Crippen LogP) is 2.41. The van der Waals surface area contributed by atoms with Crippen LogP contribution in [-0.2, 0) is 6.54 Å². The standard InChI is InChI=1S/C25H26N8O/c1-4-11-32-24(34)20-17-27-25(29-23(20)33(32)22-7-5-6-10-26-22)28-19-8-9-21(18(2)16-19)31-14-12-30(3)13-15-31/h1,5-10,16-17H,11-15H2,2-3H3,(H,27,28,29). The molecule has 4 aromatic rings. The summed E-state index contributed by atoms with van der Waals surface area (Å²) in [5.74, 6) is 3.48. The van der Waals surface area contributed by atoms with Gasteiger partial charge in [-0.2, -0.15) is 4.98 Å². The quantitative estimate of drug-likeness (QED) is 0.464. The fourth-order valence-corrected chi connectivity index (χ4v) is 4.29. The number of aromatic nitrogens is 5. The number of anilines is 3. The Hall–Kier alpha value is -4.16. The number of terminal acetylenes is 1. The summed E-state index contributed by atoms with van der Waals surface area (Å²) in [4.78, 5) is 31.1. The SMILES string of the molecule is C#CCn1c(=O)c2cnc(Nc3ccc(N4CCN(C)CC4)c(C)c3)nc2n1-c1ccccn1. The van der Waals surface area contributed by atoms with Gasteiger partial charge < -0.3 is 15.1 Å². The number of nitrogens with zero attached hydrogens (tertiary/aromatic N) is 7. The Morgan fingerprint density at radius 2 is 1.94 bits per heavy atom. The van der Waals surface area contributed by atoms with E-state index in [2.05, 4.69) is 62.1 Å². The van der Waals surface area contributed by atoms with E-state index in [1.165, 1.54) is 22.1 Å². The zero-order chi connectivity index (χ0) is 23.7. The molecule has 1 saturated heterocycles. The second-order valence-electron chi connectivity index (χ2n) is 8.41. The molecule has 34 heavy (non-hydrogen) atoms. The van der Waals surface area contributed by atoms with Gasteiger partial charge in [0, 0.05) is 49.9 Å². The van der Waals surface area contributed by atoms with Crippen molar-refractivity contribution in [3.05, 3.63) is 64.7 Å². The van der Waals surface area contributed by atoms with Crippen LogP contribution >= 0.6 is 0 Å². The minimum atomic E-state index is -0.252. The molecule has 5 rings (SSSR count). The third kappa shape index (κ3) is 4.00. The van der Waals surface area contributed by atoms with Crippen LogP contribution in [0.15, 0.2) is 53.6 Å². The van der Waals surface area contributed by atoms with E-state index >= 15 is 0 Å². The maximum absolute atomic E-state index is 12.9. The number of nitrogens with one attached hydrogen (secondary N) is 1. The van der Waals surface area contributed by atoms with Crippen LogP contribution in [0.2, 0.25) is 0 Å². The number of benzene rings is 1. The lowest BCUT2D eigenvalue weighted by molar-refractivity contribution is 0.312. The van der Waals surface area contributed by atoms with Crippen LogP contribution in [0, 0.1) is 19.3 Å². The number of rotatable bonds is 5. The van der Waals surface area contributed by atoms with Crippen LogP contribution < -0.4 is 15.8 Å². The molecule has 3 aromatic heterocycles. The summed E-state index contributed by atoms with van der Waals surface area (Å²) in [6.07, 6.45) is 8.72. The van der Waals surface area contributed by atoms with Crippen LogP contribution in [-0.4, -0.2) is 62.4 Å². The van der Waals surface area contributed by atoms with Gasteiger partial charge >= 0.3 is 0 Å². The highest BCUT2D eigenvalue weighted by molar-refractivity contribution is 5.77. The largest absolute Gasteiger partial charge is 0.369 e. The van der Waals surface area contributed by atoms with E-state index in [9.17, 15) is 4.79 Å². The average Bonchev–Trinajstić information content (AvgIpc) is 3.11. The van der Waals surface area contributed by atoms with Gasteiger partial charge in [0.2, 0.25) is 5.95 Å². The highest BCUT2D eigenvalue weighted by atomic mass is 16.1. The molecule has 0 saturated carbocycles. The molecule has 1 aromatic carbocycles. The second kappa shape index (κ2) is 9.00. The molecular formula is C25H26N8O. The first-order valence-corrected chi connectivity index (χ1v) is 11.2. The summed E-state index contributed by atoms with van der Waals surface area (Å²) in [6.45, 7) is 6.37. The van der Waals surface area contributed by atoms with E-state index < -0.39 is 0 Å². The van der Waals surface area contributed by atoms with Crippen molar-refractivity contribution >= 4 is 28.4 Å². The van der Waals surface area contributed by atoms with Crippen molar-refractivity contribution in [3.63, 3.8) is 0 Å². The van der Waals surface area contributed by atoms with Gasteiger partial charge in [0.1, 0.15) is 11.9 Å². The molecule has 1 N–H and O–H groups in total. The molecule has 0 aliphatic carbocycles. The van der Waals surface area contributed by atoms with E-state index in [1.54, 1.807) is 10.9 Å². The van der Waals surface area contributed by atoms with Crippen LogP contribution in [0.4, 0.5) is 17.3 Å². The van der Waals surface area contributed by atoms with Crippen molar-refractivity contribution in [1.82, 2.24) is 29.2 Å². The molecule has 9 heteroatoms. The third-order valence-electron chi connectivity index (χ3n) is 6.08. The number of aryl methyl sites for hydroxylation is 1. The van der Waals surface area contributed by atoms with Crippen molar-refractivity contribution < 1.29 is 0 Å². The molecule has 1 aliphatic rings. The molecular weight excluding hydrogens is 428 g/mol. The van der Waals surface area contributed by atoms with Crippen molar-refractivity contribution in [2.75, 3.05) is 43.4 Å². The summed E-state index contributed by atoms with van der Waals surface area (Å²) in [7, 11) is 2.15. The molecule has 0 atom stereocenters. The zero-order valence-corrected chi connectivity index (χ0v) is 19.3. The number of hydrogen-bond donors (Lipinski definition) is 1. The van der Waals surface area contributed by atoms with Crippen LogP contribution in [0.5, 0.6) is 0 Å². The molecule has 0 spiro atoms. The van der Waals surface area contributed by atoms with Crippen LogP contribution in [0.1, 0.15) is 5.56 Å². The fraction of sp³-hybridized carbons (Fsp3) is 0.280. The Bertz CT molecular complexity index is 1430. The van der Waals surface area contributed by atoms with E-state index in [0.29, 0.717) is 22.8 Å². The van der Waals surface area contributed by atoms with Crippen LogP contribution in [0.3, 0.4) is 0 Å². The monoisotopic (exact) mass is 454 g/mol. The minimum absolute atomic E-state index is 0.0987. The van der Waals surface area contributed by atoms with E-state index in [1.807, 2.05) is 24.3 Å². The molecule has 9 nitrogen and oxygen atoms in total. The van der Waals surface area contributed by atoms with Gasteiger partial charge in [0.15, 0.2) is 11.5 Å². The van der Waals surface area contributed by atoms with Crippen molar-refractivity contribution in [2.45, 2.75) is 13.5 Å². The van der Waals surface area contributed by atoms with Gasteiger partial charge in [0.05, 0.1) is 0 Å². The van der Waals surface area contributed by atoms with Gasteiger partial charge in [0.25, 0.3) is 5.56 Å². The Morgan fingerprint density at radius 1 is 1.12 bits per heavy atom. The normalized spacial score (nSPS) is 14.3. The topological polar surface area (TPSA) is 84.1 Å². The molecule has 1 fully saturated rings. The zero-order valence-electron chi connectivity index (χ0n) is 19.3. The van der Waals surface area contributed by atoms with Crippen molar-refractivity contribution in [2.24, 2.45) is 0 Å². The molecule has 0 bridgehead atoms. The first-order chi connectivity index (χ1) is 16.5. The van der Waals surface area contributed by atoms with E-state index in [-0.39, 0.29) is 12.1 Å². The van der Waals surface area contributed by atoms with Crippen molar-refractivity contribution in [3.8, 4) is 18.2 Å². The second-order valence-corrected chi connectivity index (χ2v) is 8.41. The Morgan fingerprint density at radius 3 is 2.65 bits per heavy atom. The Kier molecular flexibility index (Phi) is 5.74. The Balaban J connectivity index is 1.49. The number of pyridine rings is 1. The first-order valence-electron chi connectivity index (χ1n) is 11.2. The summed E-state index contributed by atoms with van der Waals surface area (Å²) < 4.78 is 3.09. The van der Waals surface area contributed by atoms with Gasteiger partial charge in [-0.15, -0.1) is 6.42 Å². The van der Waals surface area contributed by atoms with Crippen molar-refractivity contribution in [1.29, 1.82) is 0 Å². The van der Waals surface area contributed by atoms with Gasteiger partial charge in [-0.25, -0.2) is 19.3 Å². The highest BCUT2D eigenvalue weighted by Gasteiger charge is 2.19. The molecule has 1 aliphatic heterocycles. The average molecular weight is 455 g/mol. The fourth-order valence-electron chi connectivity index (χ4n) is 4.29. The third-order valence-corrected chi connectivity index (χ3v) is 6.08. The maximum Gasteiger partial charge on any atom is 0.279 e. The lowest BCUT2D eigenvalue weighted by Crippen LogP contribution is -2.44. The molecule has 0 radical (unpaired) electrons. The first kappa shape index (κ1) is 21.7. The van der Waals surface area contributed by atoms with Crippen LogP contribution in [0.25, 0.3) is 16.9 Å². The summed E-state index contributed by atoms with van der Waals surface area (Å²) in [6, 6.07) is 11.7. The number of piperazine rings is 1. The lowest BCUT2D eigenvalue weighted by atomic mass is 10.1. The van der Waals surface area contributed by atoms with Gasteiger partial charge in [-0.05, 0) is 49.9 Å².